The number of amides is 2. The quantitative estimate of drug-likeness (QED) is 0.856. The predicted octanol–water partition coefficient (Wildman–Crippen LogP) is 3.03. The van der Waals surface area contributed by atoms with Crippen molar-refractivity contribution in [2.24, 2.45) is 0 Å². The molecule has 5 heteroatoms. The number of carbonyl (C=O) groups is 2. The van der Waals surface area contributed by atoms with Crippen LogP contribution in [0.4, 0.5) is 4.79 Å². The number of nitrogens with one attached hydrogen (secondary N) is 2. The zero-order chi connectivity index (χ0) is 16.4. The number of rotatable bonds is 3. The van der Waals surface area contributed by atoms with Crippen molar-refractivity contribution in [3.8, 4) is 0 Å². The minimum absolute atomic E-state index is 0.286. The van der Waals surface area contributed by atoms with Crippen molar-refractivity contribution in [3.63, 3.8) is 0 Å². The molecule has 1 aliphatic rings. The summed E-state index contributed by atoms with van der Waals surface area (Å²) in [7, 11) is 0. The van der Waals surface area contributed by atoms with Crippen LogP contribution in [0.15, 0.2) is 53.7 Å². The van der Waals surface area contributed by atoms with Crippen molar-refractivity contribution in [1.82, 2.24) is 10.6 Å². The maximum Gasteiger partial charge on any atom is 0.338 e. The van der Waals surface area contributed by atoms with Crippen LogP contribution in [0.2, 0.25) is 0 Å². The van der Waals surface area contributed by atoms with E-state index in [0.29, 0.717) is 11.3 Å². The van der Waals surface area contributed by atoms with Gasteiger partial charge < -0.3 is 15.4 Å². The molecule has 0 bridgehead atoms. The molecule has 23 heavy (non-hydrogen) atoms. The van der Waals surface area contributed by atoms with E-state index in [4.69, 9.17) is 4.74 Å². The van der Waals surface area contributed by atoms with E-state index in [0.717, 1.165) is 16.3 Å². The summed E-state index contributed by atoms with van der Waals surface area (Å²) in [6.07, 6.45) is 0. The number of hydrogen-bond donors (Lipinski definition) is 2. The Labute approximate surface area is 134 Å². The molecule has 0 aliphatic carbocycles. The van der Waals surface area contributed by atoms with E-state index in [1.807, 2.05) is 42.5 Å². The first-order chi connectivity index (χ1) is 11.1. The minimum Gasteiger partial charge on any atom is -0.463 e. The Morgan fingerprint density at radius 1 is 1.17 bits per heavy atom. The van der Waals surface area contributed by atoms with E-state index < -0.39 is 12.0 Å². The molecule has 0 radical (unpaired) electrons. The number of carbonyl (C=O) groups excluding carboxylic acids is 2. The van der Waals surface area contributed by atoms with Gasteiger partial charge in [0.2, 0.25) is 0 Å². The van der Waals surface area contributed by atoms with Gasteiger partial charge in [-0.3, -0.25) is 0 Å². The highest BCUT2D eigenvalue weighted by Crippen LogP contribution is 2.29. The molecular weight excluding hydrogens is 292 g/mol. The van der Waals surface area contributed by atoms with Gasteiger partial charge in [0, 0.05) is 5.70 Å². The molecule has 2 amide bonds. The van der Waals surface area contributed by atoms with Gasteiger partial charge in [0.25, 0.3) is 0 Å². The van der Waals surface area contributed by atoms with Gasteiger partial charge in [0.15, 0.2) is 0 Å². The van der Waals surface area contributed by atoms with Gasteiger partial charge >= 0.3 is 12.0 Å². The fourth-order valence-electron chi connectivity index (χ4n) is 2.81. The van der Waals surface area contributed by atoms with Crippen molar-refractivity contribution >= 4 is 22.8 Å². The molecular formula is C18H18N2O3. The second kappa shape index (κ2) is 6.12. The average molecular weight is 310 g/mol. The maximum atomic E-state index is 12.3. The molecule has 118 valence electrons. The standard InChI is InChI=1S/C18H18N2O3/c1-3-23-17(21)15-11(2)19-18(22)20-16(15)14-9-8-12-6-4-5-7-13(12)10-14/h4-10,16H,3H2,1-2H3,(H2,19,20,22). The Morgan fingerprint density at radius 2 is 1.91 bits per heavy atom. The highest BCUT2D eigenvalue weighted by atomic mass is 16.5. The first-order valence-electron chi connectivity index (χ1n) is 7.54. The maximum absolute atomic E-state index is 12.3. The lowest BCUT2D eigenvalue weighted by atomic mass is 9.94. The number of fused-ring (bicyclic) bond motifs is 1. The summed E-state index contributed by atoms with van der Waals surface area (Å²) >= 11 is 0. The molecule has 1 atom stereocenters. The zero-order valence-electron chi connectivity index (χ0n) is 13.1. The summed E-state index contributed by atoms with van der Waals surface area (Å²) < 4.78 is 5.14. The number of benzene rings is 2. The van der Waals surface area contributed by atoms with Crippen LogP contribution in [-0.2, 0) is 9.53 Å². The second-order valence-electron chi connectivity index (χ2n) is 5.40. The van der Waals surface area contributed by atoms with Crippen LogP contribution in [0.25, 0.3) is 10.8 Å². The third-order valence-electron chi connectivity index (χ3n) is 3.87. The third-order valence-corrected chi connectivity index (χ3v) is 3.87. The van der Waals surface area contributed by atoms with Gasteiger partial charge in [-0.25, -0.2) is 9.59 Å². The van der Waals surface area contributed by atoms with E-state index in [1.165, 1.54) is 0 Å². The van der Waals surface area contributed by atoms with Crippen LogP contribution >= 0.6 is 0 Å². The van der Waals surface area contributed by atoms with Crippen LogP contribution in [0.3, 0.4) is 0 Å². The molecule has 0 saturated heterocycles. The van der Waals surface area contributed by atoms with Crippen molar-refractivity contribution in [2.45, 2.75) is 19.9 Å². The fourth-order valence-corrected chi connectivity index (χ4v) is 2.81. The summed E-state index contributed by atoms with van der Waals surface area (Å²) in [6.45, 7) is 3.75. The summed E-state index contributed by atoms with van der Waals surface area (Å²) in [6, 6.07) is 13.0. The SMILES string of the molecule is CCOC(=O)C1=C(C)NC(=O)NC1c1ccc2ccccc2c1. The molecule has 1 aliphatic heterocycles. The molecule has 0 aromatic heterocycles. The molecule has 2 aromatic rings. The molecule has 5 nitrogen and oxygen atoms in total. The van der Waals surface area contributed by atoms with Gasteiger partial charge in [-0.1, -0.05) is 36.4 Å². The number of esters is 1. The number of allylic oxidation sites excluding steroid dienone is 1. The average Bonchev–Trinajstić information content (AvgIpc) is 2.53. The van der Waals surface area contributed by atoms with E-state index in [1.54, 1.807) is 13.8 Å². The smallest absolute Gasteiger partial charge is 0.338 e. The highest BCUT2D eigenvalue weighted by Gasteiger charge is 2.32. The van der Waals surface area contributed by atoms with Crippen LogP contribution in [0.5, 0.6) is 0 Å². The Morgan fingerprint density at radius 3 is 2.65 bits per heavy atom. The highest BCUT2D eigenvalue weighted by molar-refractivity contribution is 5.95. The minimum atomic E-state index is -0.521. The van der Waals surface area contributed by atoms with Crippen LogP contribution in [-0.4, -0.2) is 18.6 Å². The molecule has 2 N–H and O–H groups in total. The van der Waals surface area contributed by atoms with Crippen molar-refractivity contribution in [1.29, 1.82) is 0 Å². The van der Waals surface area contributed by atoms with Crippen molar-refractivity contribution < 1.29 is 14.3 Å². The summed E-state index contributed by atoms with van der Waals surface area (Å²) in [5.41, 5.74) is 1.80. The second-order valence-corrected chi connectivity index (χ2v) is 5.40. The lowest BCUT2D eigenvalue weighted by Crippen LogP contribution is -2.45. The van der Waals surface area contributed by atoms with E-state index in [9.17, 15) is 9.59 Å². The number of ether oxygens (including phenoxy) is 1. The number of urea groups is 1. The van der Waals surface area contributed by atoms with Crippen LogP contribution in [0, 0.1) is 0 Å². The summed E-state index contributed by atoms with van der Waals surface area (Å²) in [5, 5.41) is 7.60. The van der Waals surface area contributed by atoms with Crippen molar-refractivity contribution in [2.75, 3.05) is 6.61 Å². The van der Waals surface area contributed by atoms with E-state index in [2.05, 4.69) is 10.6 Å². The third kappa shape index (κ3) is 2.90. The lowest BCUT2D eigenvalue weighted by molar-refractivity contribution is -0.139. The Kier molecular flexibility index (Phi) is 4.02. The normalized spacial score (nSPS) is 17.7. The first-order valence-corrected chi connectivity index (χ1v) is 7.54. The summed E-state index contributed by atoms with van der Waals surface area (Å²) in [5.74, 6) is -0.421. The Balaban J connectivity index is 2.07. The van der Waals surface area contributed by atoms with Gasteiger partial charge in [-0.15, -0.1) is 0 Å². The number of hydrogen-bond acceptors (Lipinski definition) is 3. The van der Waals surface area contributed by atoms with Crippen LogP contribution in [0.1, 0.15) is 25.5 Å². The lowest BCUT2D eigenvalue weighted by Gasteiger charge is -2.28. The molecule has 3 rings (SSSR count). The van der Waals surface area contributed by atoms with Gasteiger partial charge in [0.05, 0.1) is 18.2 Å². The Bertz CT molecular complexity index is 811. The van der Waals surface area contributed by atoms with Crippen molar-refractivity contribution in [3.05, 3.63) is 59.3 Å². The fraction of sp³-hybridized carbons (Fsp3) is 0.222. The van der Waals surface area contributed by atoms with Crippen LogP contribution < -0.4 is 10.6 Å². The van der Waals surface area contributed by atoms with Gasteiger partial charge in [-0.05, 0) is 36.2 Å². The molecule has 0 spiro atoms. The molecule has 0 saturated carbocycles. The van der Waals surface area contributed by atoms with E-state index >= 15 is 0 Å². The van der Waals surface area contributed by atoms with E-state index in [-0.39, 0.29) is 12.6 Å². The Hall–Kier alpha value is -2.82. The molecule has 1 unspecified atom stereocenters. The molecule has 2 aromatic carbocycles. The van der Waals surface area contributed by atoms with Gasteiger partial charge in [-0.2, -0.15) is 0 Å². The summed E-state index contributed by atoms with van der Waals surface area (Å²) in [4.78, 5) is 24.1. The monoisotopic (exact) mass is 310 g/mol. The van der Waals surface area contributed by atoms with Gasteiger partial charge in [0.1, 0.15) is 0 Å². The molecule has 0 fully saturated rings. The zero-order valence-corrected chi connectivity index (χ0v) is 13.1. The predicted molar refractivity (Wildman–Crippen MR) is 87.7 cm³/mol. The largest absolute Gasteiger partial charge is 0.463 e. The first kappa shape index (κ1) is 15.1. The molecule has 1 heterocycles. The topological polar surface area (TPSA) is 67.4 Å².